The molecule has 0 unspecified atom stereocenters. The van der Waals surface area contributed by atoms with Crippen LogP contribution in [0.1, 0.15) is 70.8 Å². The van der Waals surface area contributed by atoms with Gasteiger partial charge in [0.25, 0.3) is 0 Å². The first-order valence-corrected chi connectivity index (χ1v) is 13.4. The molecule has 0 saturated carbocycles. The fraction of sp³-hybridized carbons (Fsp3) is 0.567. The second kappa shape index (κ2) is 14.6. The number of carbonyl (C=O) groups is 3. The van der Waals surface area contributed by atoms with Crippen molar-refractivity contribution in [3.05, 3.63) is 41.2 Å². The summed E-state index contributed by atoms with van der Waals surface area (Å²) in [5.74, 6) is -3.51. The molecule has 1 aromatic carbocycles. The number of aliphatic hydroxyl groups excluding tert-OH is 1. The molecule has 0 radical (unpaired) electrons. The number of cyclic esters (lactones) is 1. The number of methoxy groups -OCH3 is 1. The second-order valence-corrected chi connectivity index (χ2v) is 11.2. The smallest absolute Gasteiger partial charge is 0.414 e. The molecule has 4 atom stereocenters. The Balaban J connectivity index is 2.70. The standard InChI is InChI=1S/C30H42FNO9/c1-17(2)39-27-23(33)12-10-11-20-14-21(32(8)29(36)41-30(5,6)7)15-24(38-16-37-9)25(20)28(35)40-19(4)18(3)13-22(31)26(27)34/h10-11,13-15,17-19,23,27,33H,12,16H2,1-9H3/b11-10?,22-13+/t18-,19+,23+,27+/m1/s1. The lowest BCUT2D eigenvalue weighted by Crippen LogP contribution is -2.39. The molecule has 11 heteroatoms. The summed E-state index contributed by atoms with van der Waals surface area (Å²) in [6.07, 6.45) is -0.816. The molecule has 2 rings (SSSR count). The van der Waals surface area contributed by atoms with E-state index < -0.39 is 59.6 Å². The number of aliphatic hydroxyl groups is 1. The third-order valence-electron chi connectivity index (χ3n) is 6.09. The van der Waals surface area contributed by atoms with Crippen molar-refractivity contribution in [2.75, 3.05) is 25.9 Å². The molecule has 1 amide bonds. The van der Waals surface area contributed by atoms with Gasteiger partial charge in [-0.15, -0.1) is 0 Å². The summed E-state index contributed by atoms with van der Waals surface area (Å²) in [5.41, 5.74) is -0.0831. The first-order valence-electron chi connectivity index (χ1n) is 13.4. The summed E-state index contributed by atoms with van der Waals surface area (Å²) in [5, 5.41) is 10.8. The number of hydrogen-bond donors (Lipinski definition) is 1. The second-order valence-electron chi connectivity index (χ2n) is 11.2. The maximum Gasteiger partial charge on any atom is 0.414 e. The normalized spacial score (nSPS) is 23.7. The van der Waals surface area contributed by atoms with Crippen molar-refractivity contribution in [3.63, 3.8) is 0 Å². The Kier molecular flexibility index (Phi) is 12.0. The Labute approximate surface area is 241 Å². The summed E-state index contributed by atoms with van der Waals surface area (Å²) in [6, 6.07) is 3.05. The molecule has 0 fully saturated rings. The zero-order chi connectivity index (χ0) is 31.1. The molecule has 41 heavy (non-hydrogen) atoms. The molecular formula is C30H42FNO9. The van der Waals surface area contributed by atoms with Gasteiger partial charge in [-0.3, -0.25) is 9.69 Å². The SMILES string of the molecule is COCOc1cc(N(C)C(=O)OC(C)(C)C)cc2c1C(=O)O[C@@H](C)[C@H](C)/C=C(/F)C(=O)[C@@H](OC(C)C)[C@@H](O)CC=C2. The minimum absolute atomic E-state index is 0.0285. The van der Waals surface area contributed by atoms with Crippen LogP contribution in [0.3, 0.4) is 0 Å². The lowest BCUT2D eigenvalue weighted by atomic mass is 9.98. The molecule has 0 saturated heterocycles. The van der Waals surface area contributed by atoms with Crippen LogP contribution in [-0.4, -0.2) is 73.9 Å². The van der Waals surface area contributed by atoms with Crippen molar-refractivity contribution in [1.29, 1.82) is 0 Å². The van der Waals surface area contributed by atoms with Gasteiger partial charge in [0.1, 0.15) is 29.1 Å². The molecule has 0 aromatic heterocycles. The van der Waals surface area contributed by atoms with Gasteiger partial charge < -0.3 is 28.8 Å². The lowest BCUT2D eigenvalue weighted by molar-refractivity contribution is -0.140. The van der Waals surface area contributed by atoms with E-state index in [0.29, 0.717) is 11.3 Å². The van der Waals surface area contributed by atoms with E-state index in [4.69, 9.17) is 23.7 Å². The fourth-order valence-electron chi connectivity index (χ4n) is 3.84. The Morgan fingerprint density at radius 3 is 2.46 bits per heavy atom. The molecule has 228 valence electrons. The Morgan fingerprint density at radius 1 is 1.22 bits per heavy atom. The average molecular weight is 580 g/mol. The lowest BCUT2D eigenvalue weighted by Gasteiger charge is -2.26. The summed E-state index contributed by atoms with van der Waals surface area (Å²) in [7, 11) is 2.92. The number of nitrogens with zero attached hydrogens (tertiary/aromatic N) is 1. The highest BCUT2D eigenvalue weighted by molar-refractivity contribution is 5.99. The summed E-state index contributed by atoms with van der Waals surface area (Å²) >= 11 is 0. The van der Waals surface area contributed by atoms with E-state index in [1.54, 1.807) is 54.5 Å². The molecule has 1 heterocycles. The van der Waals surface area contributed by atoms with Crippen molar-refractivity contribution in [2.24, 2.45) is 5.92 Å². The molecular weight excluding hydrogens is 537 g/mol. The molecule has 1 aliphatic rings. The molecule has 1 aliphatic heterocycles. The van der Waals surface area contributed by atoms with Gasteiger partial charge in [-0.2, -0.15) is 0 Å². The number of ether oxygens (including phenoxy) is 5. The van der Waals surface area contributed by atoms with Gasteiger partial charge in [-0.1, -0.05) is 19.1 Å². The van der Waals surface area contributed by atoms with Crippen LogP contribution in [0, 0.1) is 5.92 Å². The van der Waals surface area contributed by atoms with Crippen molar-refractivity contribution in [2.45, 2.75) is 84.9 Å². The van der Waals surface area contributed by atoms with Gasteiger partial charge in [0.2, 0.25) is 5.78 Å². The van der Waals surface area contributed by atoms with Crippen LogP contribution in [0.25, 0.3) is 6.08 Å². The third-order valence-corrected chi connectivity index (χ3v) is 6.09. The van der Waals surface area contributed by atoms with E-state index in [1.807, 2.05) is 0 Å². The highest BCUT2D eigenvalue weighted by Crippen LogP contribution is 2.33. The first kappa shape index (κ1) is 33.9. The van der Waals surface area contributed by atoms with Crippen LogP contribution in [-0.2, 0) is 23.7 Å². The van der Waals surface area contributed by atoms with E-state index >= 15 is 0 Å². The number of ketones is 1. The quantitative estimate of drug-likeness (QED) is 0.357. The number of anilines is 1. The Hall–Kier alpha value is -3.28. The number of carbonyl (C=O) groups excluding carboxylic acids is 3. The van der Waals surface area contributed by atoms with E-state index in [1.165, 1.54) is 37.3 Å². The highest BCUT2D eigenvalue weighted by Gasteiger charge is 2.33. The highest BCUT2D eigenvalue weighted by atomic mass is 19.1. The van der Waals surface area contributed by atoms with E-state index in [-0.39, 0.29) is 24.5 Å². The van der Waals surface area contributed by atoms with Gasteiger partial charge in [-0.25, -0.2) is 14.0 Å². The number of fused-ring (bicyclic) bond motifs is 1. The van der Waals surface area contributed by atoms with Crippen LogP contribution in [0.2, 0.25) is 0 Å². The first-order chi connectivity index (χ1) is 19.0. The topological polar surface area (TPSA) is 121 Å². The monoisotopic (exact) mass is 579 g/mol. The number of halogens is 1. The third kappa shape index (κ3) is 9.65. The van der Waals surface area contributed by atoms with Crippen LogP contribution in [0.5, 0.6) is 5.75 Å². The van der Waals surface area contributed by atoms with Gasteiger partial charge in [0.15, 0.2) is 12.6 Å². The number of rotatable bonds is 6. The van der Waals surface area contributed by atoms with Gasteiger partial charge in [0, 0.05) is 26.1 Å². The molecule has 10 nitrogen and oxygen atoms in total. The Bertz CT molecular complexity index is 1160. The fourth-order valence-corrected chi connectivity index (χ4v) is 3.84. The zero-order valence-electron chi connectivity index (χ0n) is 25.2. The largest absolute Gasteiger partial charge is 0.467 e. The van der Waals surface area contributed by atoms with Gasteiger partial charge in [-0.05, 0) is 65.7 Å². The summed E-state index contributed by atoms with van der Waals surface area (Å²) < 4.78 is 42.4. The molecule has 0 bridgehead atoms. The average Bonchev–Trinajstić information content (AvgIpc) is 2.87. The number of Topliss-reactive ketones (excluding diaryl/α,β-unsaturated/α-hetero) is 1. The Morgan fingerprint density at radius 2 is 1.88 bits per heavy atom. The summed E-state index contributed by atoms with van der Waals surface area (Å²) in [4.78, 5) is 40.4. The van der Waals surface area contributed by atoms with Crippen molar-refractivity contribution < 1.29 is 47.6 Å². The van der Waals surface area contributed by atoms with Crippen LogP contribution in [0.15, 0.2) is 30.1 Å². The summed E-state index contributed by atoms with van der Waals surface area (Å²) in [6.45, 7) is 11.5. The number of amides is 1. The van der Waals surface area contributed by atoms with Crippen molar-refractivity contribution in [3.8, 4) is 5.75 Å². The van der Waals surface area contributed by atoms with Gasteiger partial charge in [0.05, 0.1) is 17.9 Å². The predicted octanol–water partition coefficient (Wildman–Crippen LogP) is 5.22. The van der Waals surface area contributed by atoms with Gasteiger partial charge >= 0.3 is 12.1 Å². The van der Waals surface area contributed by atoms with E-state index in [9.17, 15) is 23.9 Å². The predicted molar refractivity (Wildman–Crippen MR) is 151 cm³/mol. The molecule has 1 N–H and O–H groups in total. The molecule has 0 spiro atoms. The van der Waals surface area contributed by atoms with E-state index in [0.717, 1.165) is 6.08 Å². The maximum absolute atomic E-state index is 15.0. The van der Waals surface area contributed by atoms with E-state index in [2.05, 4.69) is 0 Å². The minimum atomic E-state index is -1.45. The minimum Gasteiger partial charge on any atom is -0.467 e. The number of esters is 1. The maximum atomic E-state index is 15.0. The van der Waals surface area contributed by atoms with Crippen molar-refractivity contribution >= 4 is 29.6 Å². The zero-order valence-corrected chi connectivity index (χ0v) is 25.2. The molecule has 1 aromatic rings. The van der Waals surface area contributed by atoms with Crippen LogP contribution >= 0.6 is 0 Å². The van der Waals surface area contributed by atoms with Crippen LogP contribution in [0.4, 0.5) is 14.9 Å². The number of benzene rings is 1. The number of hydrogen-bond acceptors (Lipinski definition) is 9. The van der Waals surface area contributed by atoms with Crippen LogP contribution < -0.4 is 9.64 Å². The molecule has 0 aliphatic carbocycles. The van der Waals surface area contributed by atoms with Crippen molar-refractivity contribution in [1.82, 2.24) is 0 Å².